The van der Waals surface area contributed by atoms with Gasteiger partial charge in [0.05, 0.1) is 24.2 Å². The molecule has 2 aromatic rings. The summed E-state index contributed by atoms with van der Waals surface area (Å²) in [7, 11) is 1.49. The Morgan fingerprint density at radius 3 is 2.54 bits per heavy atom. The third-order valence-electron chi connectivity index (χ3n) is 3.02. The molecular formula is C17H16Cl2N2O3. The minimum Gasteiger partial charge on any atom is -0.494 e. The number of nitrogens with zero attached hydrogens (tertiary/aromatic N) is 1. The predicted octanol–water partition coefficient (Wildman–Crippen LogP) is 4.02. The van der Waals surface area contributed by atoms with E-state index in [2.05, 4.69) is 10.5 Å². The number of halogens is 2. The summed E-state index contributed by atoms with van der Waals surface area (Å²) in [6.07, 6.45) is 0. The van der Waals surface area contributed by atoms with Crippen LogP contribution < -0.4 is 10.2 Å². The van der Waals surface area contributed by atoms with Crippen molar-refractivity contribution in [1.82, 2.24) is 5.48 Å². The van der Waals surface area contributed by atoms with Gasteiger partial charge in [-0.3, -0.25) is 9.79 Å². The van der Waals surface area contributed by atoms with E-state index in [1.165, 1.54) is 14.0 Å². The Balaban J connectivity index is 2.40. The molecule has 2 rings (SSSR count). The maximum absolute atomic E-state index is 11.1. The number of hydroxylamine groups is 1. The van der Waals surface area contributed by atoms with E-state index >= 15 is 0 Å². The fourth-order valence-corrected chi connectivity index (χ4v) is 2.56. The Hall–Kier alpha value is -2.24. The molecule has 0 aliphatic heterocycles. The predicted molar refractivity (Wildman–Crippen MR) is 94.6 cm³/mol. The summed E-state index contributed by atoms with van der Waals surface area (Å²) in [6, 6.07) is 12.8. The van der Waals surface area contributed by atoms with E-state index in [0.29, 0.717) is 27.9 Å². The van der Waals surface area contributed by atoms with Crippen LogP contribution in [-0.2, 0) is 16.2 Å². The first-order chi connectivity index (χ1) is 11.5. The molecule has 0 saturated heterocycles. The highest BCUT2D eigenvalue weighted by molar-refractivity contribution is 6.36. The number of hydrogen-bond donors (Lipinski definition) is 1. The summed E-state index contributed by atoms with van der Waals surface area (Å²) in [4.78, 5) is 20.4. The largest absolute Gasteiger partial charge is 0.494 e. The molecule has 7 heteroatoms. The van der Waals surface area contributed by atoms with Gasteiger partial charge in [0.1, 0.15) is 5.75 Å². The molecule has 0 aliphatic rings. The molecule has 0 radical (unpaired) electrons. The maximum Gasteiger partial charge on any atom is 0.329 e. The lowest BCUT2D eigenvalue weighted by Gasteiger charge is -2.14. The quantitative estimate of drug-likeness (QED) is 0.504. The topological polar surface area (TPSA) is 59.9 Å². The van der Waals surface area contributed by atoms with E-state index in [0.717, 1.165) is 5.56 Å². The Morgan fingerprint density at radius 2 is 1.92 bits per heavy atom. The second-order valence-corrected chi connectivity index (χ2v) is 5.66. The first-order valence-corrected chi connectivity index (χ1v) is 7.82. The molecule has 0 heterocycles. The number of methoxy groups -OCH3 is 1. The normalized spacial score (nSPS) is 11.1. The van der Waals surface area contributed by atoms with Gasteiger partial charge in [-0.1, -0.05) is 53.5 Å². The van der Waals surface area contributed by atoms with Crippen LogP contribution in [0.1, 0.15) is 18.1 Å². The lowest BCUT2D eigenvalue weighted by atomic mass is 10.1. The molecule has 0 atom stereocenters. The van der Waals surface area contributed by atoms with E-state index < -0.39 is 5.97 Å². The van der Waals surface area contributed by atoms with E-state index in [-0.39, 0.29) is 5.84 Å². The molecule has 0 bridgehead atoms. The number of ether oxygens (including phenoxy) is 1. The SMILES string of the molecule is COc1c(Cl)cc(Cl)cc1C(=NCc1ccccc1)NOC(C)=O. The zero-order valence-corrected chi connectivity index (χ0v) is 14.7. The van der Waals surface area contributed by atoms with E-state index in [1.807, 2.05) is 30.3 Å². The zero-order valence-electron chi connectivity index (χ0n) is 13.2. The Bertz CT molecular complexity index is 749. The Labute approximate surface area is 150 Å². The van der Waals surface area contributed by atoms with Gasteiger partial charge in [-0.2, -0.15) is 0 Å². The minimum absolute atomic E-state index is 0.287. The molecule has 0 fully saturated rings. The third-order valence-corrected chi connectivity index (χ3v) is 3.52. The molecule has 2 aromatic carbocycles. The lowest BCUT2D eigenvalue weighted by Crippen LogP contribution is -2.27. The highest BCUT2D eigenvalue weighted by atomic mass is 35.5. The van der Waals surface area contributed by atoms with Gasteiger partial charge in [-0.05, 0) is 17.7 Å². The van der Waals surface area contributed by atoms with E-state index in [1.54, 1.807) is 12.1 Å². The van der Waals surface area contributed by atoms with Gasteiger partial charge < -0.3 is 9.57 Å². The van der Waals surface area contributed by atoms with Crippen molar-refractivity contribution in [3.63, 3.8) is 0 Å². The first-order valence-electron chi connectivity index (χ1n) is 7.06. The van der Waals surface area contributed by atoms with Crippen molar-refractivity contribution in [2.75, 3.05) is 7.11 Å². The standard InChI is InChI=1S/C17H16Cl2N2O3/c1-11(22)24-21-17(20-10-12-6-4-3-5-7-12)14-8-13(18)9-15(19)16(14)23-2/h3-9H,10H2,1-2H3,(H,20,21). The van der Waals surface area contributed by atoms with Crippen molar-refractivity contribution >= 4 is 35.0 Å². The number of nitrogens with one attached hydrogen (secondary N) is 1. The van der Waals surface area contributed by atoms with Crippen molar-refractivity contribution in [2.45, 2.75) is 13.5 Å². The summed E-state index contributed by atoms with van der Waals surface area (Å²) in [5.74, 6) is 0.164. The maximum atomic E-state index is 11.1. The molecule has 5 nitrogen and oxygen atoms in total. The number of carbonyl (C=O) groups is 1. The van der Waals surface area contributed by atoms with Crippen LogP contribution in [0.15, 0.2) is 47.5 Å². The summed E-state index contributed by atoms with van der Waals surface area (Å²) >= 11 is 12.2. The molecule has 1 N–H and O–H groups in total. The summed E-state index contributed by atoms with van der Waals surface area (Å²) < 4.78 is 5.32. The van der Waals surface area contributed by atoms with Gasteiger partial charge in [-0.15, -0.1) is 0 Å². The molecule has 0 saturated carbocycles. The fraction of sp³-hybridized carbons (Fsp3) is 0.176. The van der Waals surface area contributed by atoms with Crippen LogP contribution in [-0.4, -0.2) is 18.9 Å². The second kappa shape index (κ2) is 8.57. The monoisotopic (exact) mass is 366 g/mol. The Kier molecular flexibility index (Phi) is 6.46. The average molecular weight is 367 g/mol. The van der Waals surface area contributed by atoms with Gasteiger partial charge >= 0.3 is 5.97 Å². The molecular weight excluding hydrogens is 351 g/mol. The van der Waals surface area contributed by atoms with Crippen LogP contribution in [0.5, 0.6) is 5.75 Å². The first kappa shape index (κ1) is 18.1. The van der Waals surface area contributed by atoms with Gasteiger partial charge in [-0.25, -0.2) is 5.48 Å². The van der Waals surface area contributed by atoms with Gasteiger partial charge in [0.15, 0.2) is 5.84 Å². The van der Waals surface area contributed by atoms with Gasteiger partial charge in [0.2, 0.25) is 0 Å². The van der Waals surface area contributed by atoms with Crippen molar-refractivity contribution in [3.05, 3.63) is 63.6 Å². The Morgan fingerprint density at radius 1 is 1.21 bits per heavy atom. The summed E-state index contributed by atoms with van der Waals surface area (Å²) in [5.41, 5.74) is 4.02. The second-order valence-electron chi connectivity index (χ2n) is 4.81. The number of aliphatic imine (C=N–C) groups is 1. The molecule has 0 unspecified atom stereocenters. The molecule has 0 aromatic heterocycles. The van der Waals surface area contributed by atoms with Crippen LogP contribution in [0.4, 0.5) is 0 Å². The number of carbonyl (C=O) groups excluding carboxylic acids is 1. The van der Waals surface area contributed by atoms with Crippen molar-refractivity contribution < 1.29 is 14.4 Å². The third kappa shape index (κ3) is 4.88. The fourth-order valence-electron chi connectivity index (χ4n) is 1.99. The molecule has 0 spiro atoms. The van der Waals surface area contributed by atoms with Crippen LogP contribution in [0.25, 0.3) is 0 Å². The van der Waals surface area contributed by atoms with Crippen LogP contribution >= 0.6 is 23.2 Å². The average Bonchev–Trinajstić information content (AvgIpc) is 2.55. The lowest BCUT2D eigenvalue weighted by molar-refractivity contribution is -0.145. The number of amidine groups is 1. The van der Waals surface area contributed by atoms with Gasteiger partial charge in [0.25, 0.3) is 0 Å². The number of benzene rings is 2. The molecule has 126 valence electrons. The van der Waals surface area contributed by atoms with Crippen LogP contribution in [0.2, 0.25) is 10.0 Å². The minimum atomic E-state index is -0.505. The van der Waals surface area contributed by atoms with E-state index in [9.17, 15) is 4.79 Å². The zero-order chi connectivity index (χ0) is 17.5. The van der Waals surface area contributed by atoms with Crippen molar-refractivity contribution in [2.24, 2.45) is 4.99 Å². The van der Waals surface area contributed by atoms with Gasteiger partial charge in [0, 0.05) is 11.9 Å². The van der Waals surface area contributed by atoms with Crippen molar-refractivity contribution in [1.29, 1.82) is 0 Å². The number of rotatable bonds is 4. The smallest absolute Gasteiger partial charge is 0.329 e. The van der Waals surface area contributed by atoms with Crippen LogP contribution in [0, 0.1) is 0 Å². The molecule has 0 aliphatic carbocycles. The molecule has 24 heavy (non-hydrogen) atoms. The molecule has 0 amide bonds. The summed E-state index contributed by atoms with van der Waals surface area (Å²) in [6.45, 7) is 1.65. The highest BCUT2D eigenvalue weighted by Gasteiger charge is 2.16. The van der Waals surface area contributed by atoms with Crippen molar-refractivity contribution in [3.8, 4) is 5.75 Å². The number of hydrogen-bond acceptors (Lipinski definition) is 4. The van der Waals surface area contributed by atoms with E-state index in [4.69, 9.17) is 32.8 Å². The summed E-state index contributed by atoms with van der Waals surface area (Å²) in [5, 5.41) is 0.741. The van der Waals surface area contributed by atoms with Crippen LogP contribution in [0.3, 0.4) is 0 Å². The highest BCUT2D eigenvalue weighted by Crippen LogP contribution is 2.32.